The zero-order valence-corrected chi connectivity index (χ0v) is 20.7. The number of ether oxygens (including phenoxy) is 1. The second-order valence-corrected chi connectivity index (χ2v) is 8.74. The predicted octanol–water partition coefficient (Wildman–Crippen LogP) is 4.36. The van der Waals surface area contributed by atoms with Crippen LogP contribution in [0.15, 0.2) is 42.9 Å². The predicted molar refractivity (Wildman–Crippen MR) is 135 cm³/mol. The number of anilines is 3. The third-order valence-electron chi connectivity index (χ3n) is 5.71. The first-order valence-corrected chi connectivity index (χ1v) is 12.0. The van der Waals surface area contributed by atoms with E-state index in [0.717, 1.165) is 12.8 Å². The Morgan fingerprint density at radius 1 is 1.19 bits per heavy atom. The molecule has 0 bridgehead atoms. The van der Waals surface area contributed by atoms with Crippen LogP contribution in [-0.4, -0.2) is 52.6 Å². The molecule has 0 saturated carbocycles. The van der Waals surface area contributed by atoms with Crippen molar-refractivity contribution >= 4 is 40.9 Å². The van der Waals surface area contributed by atoms with Crippen LogP contribution in [0.2, 0.25) is 5.02 Å². The topological polar surface area (TPSA) is 109 Å². The minimum Gasteiger partial charge on any atom is -0.462 e. The van der Waals surface area contributed by atoms with Crippen molar-refractivity contribution in [2.45, 2.75) is 32.7 Å². The number of carbonyl (C=O) groups excluding carboxylic acids is 2. The van der Waals surface area contributed by atoms with Crippen LogP contribution in [0.3, 0.4) is 0 Å². The first-order chi connectivity index (χ1) is 17.3. The van der Waals surface area contributed by atoms with E-state index in [0.29, 0.717) is 47.2 Å². The van der Waals surface area contributed by atoms with Crippen molar-refractivity contribution in [1.82, 2.24) is 20.3 Å². The number of benzene rings is 1. The molecule has 4 rings (SSSR count). The minimum atomic E-state index is -0.518. The molecule has 2 aromatic heterocycles. The fourth-order valence-electron chi connectivity index (χ4n) is 4.02. The summed E-state index contributed by atoms with van der Waals surface area (Å²) in [6.07, 6.45) is 6.25. The summed E-state index contributed by atoms with van der Waals surface area (Å²) in [7, 11) is 0. The highest BCUT2D eigenvalue weighted by Crippen LogP contribution is 2.32. The summed E-state index contributed by atoms with van der Waals surface area (Å²) < 4.78 is 18.7. The van der Waals surface area contributed by atoms with Gasteiger partial charge < -0.3 is 20.3 Å². The molecule has 1 amide bonds. The monoisotopic (exact) mass is 512 g/mol. The van der Waals surface area contributed by atoms with Gasteiger partial charge in [0.1, 0.15) is 11.6 Å². The number of hydrogen-bond acceptors (Lipinski definition) is 8. The van der Waals surface area contributed by atoms with Crippen LogP contribution in [0.1, 0.15) is 37.0 Å². The number of amides is 1. The Morgan fingerprint density at radius 3 is 2.67 bits per heavy atom. The molecule has 1 aromatic carbocycles. The van der Waals surface area contributed by atoms with Crippen LogP contribution in [0.4, 0.5) is 21.8 Å². The Balaban J connectivity index is 1.68. The maximum Gasteiger partial charge on any atom is 0.339 e. The number of aromatic nitrogens is 3. The van der Waals surface area contributed by atoms with Crippen molar-refractivity contribution in [2.75, 3.05) is 29.9 Å². The van der Waals surface area contributed by atoms with Crippen LogP contribution in [-0.2, 0) is 9.53 Å². The van der Waals surface area contributed by atoms with Crippen molar-refractivity contribution in [3.8, 4) is 11.1 Å². The van der Waals surface area contributed by atoms with E-state index in [1.807, 2.05) is 0 Å². The molecular formula is C25H26ClFN6O3. The van der Waals surface area contributed by atoms with Crippen LogP contribution < -0.4 is 15.5 Å². The van der Waals surface area contributed by atoms with Gasteiger partial charge in [0.05, 0.1) is 17.2 Å². The Labute approximate surface area is 213 Å². The second kappa shape index (κ2) is 11.3. The van der Waals surface area contributed by atoms with E-state index in [9.17, 15) is 14.0 Å². The molecule has 9 nitrogen and oxygen atoms in total. The van der Waals surface area contributed by atoms with E-state index in [1.54, 1.807) is 31.5 Å². The number of carbonyl (C=O) groups is 2. The molecule has 1 saturated heterocycles. The first-order valence-electron chi connectivity index (χ1n) is 11.6. The van der Waals surface area contributed by atoms with Crippen molar-refractivity contribution < 1.29 is 18.7 Å². The normalized spacial score (nSPS) is 13.8. The second-order valence-electron chi connectivity index (χ2n) is 8.33. The Hall–Kier alpha value is -3.79. The van der Waals surface area contributed by atoms with Crippen molar-refractivity contribution in [2.24, 2.45) is 0 Å². The number of halogens is 2. The molecule has 3 aromatic rings. The number of nitrogens with zero attached hydrogens (tertiary/aromatic N) is 4. The number of piperidine rings is 1. The molecule has 1 fully saturated rings. The lowest BCUT2D eigenvalue weighted by Gasteiger charge is -2.34. The average molecular weight is 513 g/mol. The fraction of sp³-hybridized carbons (Fsp3) is 0.320. The van der Waals surface area contributed by atoms with Crippen LogP contribution >= 0.6 is 11.6 Å². The molecule has 3 heterocycles. The van der Waals surface area contributed by atoms with Gasteiger partial charge in [-0.05, 0) is 44.0 Å². The molecular weight excluding hydrogens is 487 g/mol. The van der Waals surface area contributed by atoms with E-state index in [2.05, 4.69) is 25.5 Å². The lowest BCUT2D eigenvalue weighted by molar-refractivity contribution is -0.119. The average Bonchev–Trinajstić information content (AvgIpc) is 2.86. The van der Waals surface area contributed by atoms with Gasteiger partial charge in [0.15, 0.2) is 0 Å². The lowest BCUT2D eigenvalue weighted by atomic mass is 10.0. The quantitative estimate of drug-likeness (QED) is 0.449. The van der Waals surface area contributed by atoms with Crippen LogP contribution in [0.25, 0.3) is 11.1 Å². The minimum absolute atomic E-state index is 0.0151. The van der Waals surface area contributed by atoms with E-state index in [1.165, 1.54) is 25.3 Å². The lowest BCUT2D eigenvalue weighted by Crippen LogP contribution is -2.44. The van der Waals surface area contributed by atoms with Crippen LogP contribution in [0, 0.1) is 5.82 Å². The molecule has 1 aliphatic heterocycles. The standard InChI is InChI=1S/C25H26ClFN6O3/c1-3-36-24(35)17-10-16(12-28-13-17)20-14-29-25(31-19-4-5-22(27)21(26)11-19)32-23(20)33-8-6-18(7-9-33)30-15(2)34/h4-5,10-14,18H,3,6-9H2,1-2H3,(H,30,34)(H,29,31,32). The molecule has 2 N–H and O–H groups in total. The first kappa shape index (κ1) is 25.3. The highest BCUT2D eigenvalue weighted by atomic mass is 35.5. The van der Waals surface area contributed by atoms with Gasteiger partial charge in [-0.15, -0.1) is 0 Å². The molecule has 188 valence electrons. The van der Waals surface area contributed by atoms with Gasteiger partial charge in [0, 0.05) is 61.5 Å². The van der Waals surface area contributed by atoms with E-state index in [4.69, 9.17) is 21.3 Å². The zero-order valence-electron chi connectivity index (χ0n) is 19.9. The molecule has 0 atom stereocenters. The molecule has 0 unspecified atom stereocenters. The van der Waals surface area contributed by atoms with Gasteiger partial charge in [-0.3, -0.25) is 9.78 Å². The third kappa shape index (κ3) is 6.06. The number of esters is 1. The highest BCUT2D eigenvalue weighted by Gasteiger charge is 2.24. The Kier molecular flexibility index (Phi) is 7.94. The summed E-state index contributed by atoms with van der Waals surface area (Å²) in [5.74, 6) is -0.0886. The summed E-state index contributed by atoms with van der Waals surface area (Å²) in [6.45, 7) is 4.82. The van der Waals surface area contributed by atoms with E-state index < -0.39 is 11.8 Å². The molecule has 1 aliphatic rings. The molecule has 0 aliphatic carbocycles. The Bertz CT molecular complexity index is 1270. The fourth-order valence-corrected chi connectivity index (χ4v) is 4.20. The zero-order chi connectivity index (χ0) is 25.7. The number of nitrogens with one attached hydrogen (secondary N) is 2. The molecule has 11 heteroatoms. The van der Waals surface area contributed by atoms with Gasteiger partial charge in [-0.1, -0.05) is 11.6 Å². The van der Waals surface area contributed by atoms with Gasteiger partial charge >= 0.3 is 5.97 Å². The molecule has 0 spiro atoms. The van der Waals surface area contributed by atoms with Gasteiger partial charge in [-0.2, -0.15) is 4.98 Å². The van der Waals surface area contributed by atoms with Gasteiger partial charge in [0.2, 0.25) is 11.9 Å². The molecule has 0 radical (unpaired) electrons. The number of rotatable bonds is 7. The number of hydrogen-bond donors (Lipinski definition) is 2. The van der Waals surface area contributed by atoms with Crippen molar-refractivity contribution in [1.29, 1.82) is 0 Å². The van der Waals surface area contributed by atoms with E-state index >= 15 is 0 Å². The van der Waals surface area contributed by atoms with Crippen molar-refractivity contribution in [3.05, 3.63) is 59.3 Å². The van der Waals surface area contributed by atoms with Gasteiger partial charge in [0.25, 0.3) is 0 Å². The van der Waals surface area contributed by atoms with Gasteiger partial charge in [-0.25, -0.2) is 14.2 Å². The maximum absolute atomic E-state index is 13.6. The SMILES string of the molecule is CCOC(=O)c1cncc(-c2cnc(Nc3ccc(F)c(Cl)c3)nc2N2CCC(NC(C)=O)CC2)c1. The molecule has 36 heavy (non-hydrogen) atoms. The summed E-state index contributed by atoms with van der Waals surface area (Å²) in [5.41, 5.74) is 2.22. The summed E-state index contributed by atoms with van der Waals surface area (Å²) in [5, 5.41) is 6.02. The Morgan fingerprint density at radius 2 is 1.97 bits per heavy atom. The van der Waals surface area contributed by atoms with Crippen LogP contribution in [0.5, 0.6) is 0 Å². The number of pyridine rings is 1. The highest BCUT2D eigenvalue weighted by molar-refractivity contribution is 6.31. The van der Waals surface area contributed by atoms with E-state index in [-0.39, 0.29) is 23.6 Å². The summed E-state index contributed by atoms with van der Waals surface area (Å²) >= 11 is 5.91. The summed E-state index contributed by atoms with van der Waals surface area (Å²) in [4.78, 5) is 39.2. The third-order valence-corrected chi connectivity index (χ3v) is 6.00. The maximum atomic E-state index is 13.6. The largest absolute Gasteiger partial charge is 0.462 e. The summed E-state index contributed by atoms with van der Waals surface area (Å²) in [6, 6.07) is 6.06. The smallest absolute Gasteiger partial charge is 0.339 e. The van der Waals surface area contributed by atoms with Crippen molar-refractivity contribution in [3.63, 3.8) is 0 Å².